The van der Waals surface area contributed by atoms with Crippen molar-refractivity contribution in [1.29, 1.82) is 0 Å². The fourth-order valence-corrected chi connectivity index (χ4v) is 3.06. The van der Waals surface area contributed by atoms with Crippen molar-refractivity contribution >= 4 is 22.9 Å². The van der Waals surface area contributed by atoms with Crippen LogP contribution < -0.4 is 0 Å². The Kier molecular flexibility index (Phi) is 7.79. The zero-order valence-corrected chi connectivity index (χ0v) is 16.5. The van der Waals surface area contributed by atoms with Crippen molar-refractivity contribution in [2.24, 2.45) is 5.92 Å². The second-order valence-corrected chi connectivity index (χ2v) is 6.96. The van der Waals surface area contributed by atoms with Gasteiger partial charge in [-0.3, -0.25) is 9.78 Å². The third kappa shape index (κ3) is 5.67. The summed E-state index contributed by atoms with van der Waals surface area (Å²) in [6, 6.07) is 10.0. The number of rotatable bonds is 9. The molecule has 0 saturated carbocycles. The third-order valence-corrected chi connectivity index (χ3v) is 4.55. The minimum atomic E-state index is 0.0683. The first-order valence-corrected chi connectivity index (χ1v) is 9.58. The highest BCUT2D eigenvalue weighted by Crippen LogP contribution is 2.17. The Balaban J connectivity index is 2.13. The Morgan fingerprint density at radius 1 is 1.12 bits per heavy atom. The molecule has 2 rings (SSSR count). The largest absolute Gasteiger partial charge is 0.338 e. The molecule has 0 spiro atoms. The number of amides is 1. The minimum Gasteiger partial charge on any atom is -0.338 e. The van der Waals surface area contributed by atoms with E-state index in [4.69, 9.17) is 0 Å². The maximum Gasteiger partial charge on any atom is 0.246 e. The Bertz CT molecular complexity index is 730. The van der Waals surface area contributed by atoms with Gasteiger partial charge in [0.2, 0.25) is 5.91 Å². The van der Waals surface area contributed by atoms with E-state index >= 15 is 0 Å². The van der Waals surface area contributed by atoms with E-state index in [-0.39, 0.29) is 5.91 Å². The van der Waals surface area contributed by atoms with Crippen molar-refractivity contribution in [1.82, 2.24) is 14.8 Å². The van der Waals surface area contributed by atoms with Crippen LogP contribution in [0.3, 0.4) is 0 Å². The smallest absolute Gasteiger partial charge is 0.246 e. The van der Waals surface area contributed by atoms with Gasteiger partial charge in [0.05, 0.1) is 5.52 Å². The van der Waals surface area contributed by atoms with Crippen molar-refractivity contribution in [3.8, 4) is 0 Å². The maximum absolute atomic E-state index is 12.8. The molecule has 0 saturated heterocycles. The summed E-state index contributed by atoms with van der Waals surface area (Å²) in [4.78, 5) is 21.5. The molecule has 0 radical (unpaired) electrons. The number of aromatic nitrogens is 1. The number of pyridine rings is 1. The fourth-order valence-electron chi connectivity index (χ4n) is 3.06. The summed E-state index contributed by atoms with van der Waals surface area (Å²) in [5.41, 5.74) is 1.90. The lowest BCUT2D eigenvalue weighted by atomic mass is 10.1. The lowest BCUT2D eigenvalue weighted by Crippen LogP contribution is -2.39. The Morgan fingerprint density at radius 2 is 1.85 bits per heavy atom. The second kappa shape index (κ2) is 10.1. The number of nitrogens with zero attached hydrogens (tertiary/aromatic N) is 3. The van der Waals surface area contributed by atoms with Gasteiger partial charge in [-0.2, -0.15) is 0 Å². The normalized spacial score (nSPS) is 11.8. The predicted octanol–water partition coefficient (Wildman–Crippen LogP) is 4.07. The summed E-state index contributed by atoms with van der Waals surface area (Å²) in [5, 5.41) is 1.09. The van der Waals surface area contributed by atoms with E-state index in [1.165, 1.54) is 0 Å². The van der Waals surface area contributed by atoms with Crippen LogP contribution in [0.5, 0.6) is 0 Å². The molecule has 0 aliphatic rings. The molecular formula is C22H31N3O. The average molecular weight is 354 g/mol. The molecule has 0 fully saturated rings. The van der Waals surface area contributed by atoms with Crippen LogP contribution in [0.1, 0.15) is 33.3 Å². The van der Waals surface area contributed by atoms with Crippen LogP contribution in [0.2, 0.25) is 0 Å². The highest BCUT2D eigenvalue weighted by atomic mass is 16.2. The summed E-state index contributed by atoms with van der Waals surface area (Å²) in [5.74, 6) is 0.516. The van der Waals surface area contributed by atoms with Gasteiger partial charge >= 0.3 is 0 Å². The summed E-state index contributed by atoms with van der Waals surface area (Å²) < 4.78 is 0. The van der Waals surface area contributed by atoms with Crippen molar-refractivity contribution in [2.45, 2.75) is 27.7 Å². The van der Waals surface area contributed by atoms with Gasteiger partial charge in [0.1, 0.15) is 0 Å². The lowest BCUT2D eigenvalue weighted by molar-refractivity contribution is -0.126. The molecule has 1 aromatic heterocycles. The Labute approximate surface area is 157 Å². The number of carbonyl (C=O) groups excluding carboxylic acids is 1. The van der Waals surface area contributed by atoms with Gasteiger partial charge in [-0.15, -0.1) is 0 Å². The summed E-state index contributed by atoms with van der Waals surface area (Å²) in [6.45, 7) is 13.1. The second-order valence-electron chi connectivity index (χ2n) is 6.96. The van der Waals surface area contributed by atoms with Gasteiger partial charge in [-0.05, 0) is 31.1 Å². The molecular weight excluding hydrogens is 322 g/mol. The molecule has 2 aromatic rings. The van der Waals surface area contributed by atoms with E-state index in [1.54, 1.807) is 12.3 Å². The average Bonchev–Trinajstić information content (AvgIpc) is 2.65. The van der Waals surface area contributed by atoms with E-state index < -0.39 is 0 Å². The maximum atomic E-state index is 12.8. The summed E-state index contributed by atoms with van der Waals surface area (Å²) in [6.07, 6.45) is 5.37. The number of carbonyl (C=O) groups is 1. The first kappa shape index (κ1) is 20.1. The highest BCUT2D eigenvalue weighted by Gasteiger charge is 2.13. The van der Waals surface area contributed by atoms with Crippen LogP contribution in [-0.4, -0.2) is 53.4 Å². The number of benzene rings is 1. The van der Waals surface area contributed by atoms with E-state index in [9.17, 15) is 4.79 Å². The number of hydrogen-bond donors (Lipinski definition) is 0. The molecule has 140 valence electrons. The molecule has 1 aromatic carbocycles. The van der Waals surface area contributed by atoms with E-state index in [2.05, 4.69) is 37.6 Å². The van der Waals surface area contributed by atoms with Crippen molar-refractivity contribution in [2.75, 3.05) is 32.7 Å². The standard InChI is InChI=1S/C22H31N3O/c1-5-24(6-2)15-16-25(17-18(3)4)21(26)13-12-20-10-7-9-19-11-8-14-23-22(19)20/h7-14,18H,5-6,15-17H2,1-4H3/b13-12+. The van der Waals surface area contributed by atoms with Crippen molar-refractivity contribution in [3.05, 3.63) is 48.2 Å². The topological polar surface area (TPSA) is 36.4 Å². The van der Waals surface area contributed by atoms with Crippen LogP contribution in [0.25, 0.3) is 17.0 Å². The lowest BCUT2D eigenvalue weighted by Gasteiger charge is -2.27. The molecule has 0 aliphatic heterocycles. The van der Waals surface area contributed by atoms with Gasteiger partial charge in [0, 0.05) is 42.9 Å². The number of likely N-dealkylation sites (N-methyl/N-ethyl adjacent to an activating group) is 1. The van der Waals surface area contributed by atoms with Gasteiger partial charge in [-0.25, -0.2) is 0 Å². The molecule has 0 bridgehead atoms. The number of hydrogen-bond acceptors (Lipinski definition) is 3. The van der Waals surface area contributed by atoms with Gasteiger partial charge in [0.15, 0.2) is 0 Å². The van der Waals surface area contributed by atoms with Crippen LogP contribution in [-0.2, 0) is 4.79 Å². The molecule has 26 heavy (non-hydrogen) atoms. The highest BCUT2D eigenvalue weighted by molar-refractivity contribution is 5.95. The predicted molar refractivity (Wildman–Crippen MR) is 110 cm³/mol. The molecule has 4 heteroatoms. The van der Waals surface area contributed by atoms with E-state index in [0.717, 1.165) is 49.2 Å². The zero-order chi connectivity index (χ0) is 18.9. The molecule has 4 nitrogen and oxygen atoms in total. The molecule has 0 unspecified atom stereocenters. The molecule has 0 atom stereocenters. The number of fused-ring (bicyclic) bond motifs is 1. The first-order valence-electron chi connectivity index (χ1n) is 9.58. The zero-order valence-electron chi connectivity index (χ0n) is 16.5. The minimum absolute atomic E-state index is 0.0683. The third-order valence-electron chi connectivity index (χ3n) is 4.55. The monoisotopic (exact) mass is 353 g/mol. The molecule has 0 N–H and O–H groups in total. The molecule has 1 amide bonds. The molecule has 1 heterocycles. The van der Waals surface area contributed by atoms with Gasteiger partial charge in [-0.1, -0.05) is 52.0 Å². The van der Waals surface area contributed by atoms with Crippen LogP contribution in [0, 0.1) is 5.92 Å². The Hall–Kier alpha value is -2.20. The number of para-hydroxylation sites is 1. The van der Waals surface area contributed by atoms with Crippen LogP contribution in [0.4, 0.5) is 0 Å². The summed E-state index contributed by atoms with van der Waals surface area (Å²) in [7, 11) is 0. The van der Waals surface area contributed by atoms with Crippen LogP contribution in [0.15, 0.2) is 42.6 Å². The van der Waals surface area contributed by atoms with Crippen LogP contribution >= 0.6 is 0 Å². The first-order chi connectivity index (χ1) is 12.5. The van der Waals surface area contributed by atoms with Crippen molar-refractivity contribution < 1.29 is 4.79 Å². The van der Waals surface area contributed by atoms with Crippen molar-refractivity contribution in [3.63, 3.8) is 0 Å². The fraction of sp³-hybridized carbons (Fsp3) is 0.455. The Morgan fingerprint density at radius 3 is 2.54 bits per heavy atom. The van der Waals surface area contributed by atoms with E-state index in [1.807, 2.05) is 41.3 Å². The van der Waals surface area contributed by atoms with E-state index in [0.29, 0.717) is 5.92 Å². The quantitative estimate of drug-likeness (QED) is 0.638. The van der Waals surface area contributed by atoms with Gasteiger partial charge < -0.3 is 9.80 Å². The molecule has 0 aliphatic carbocycles. The van der Waals surface area contributed by atoms with Gasteiger partial charge in [0.25, 0.3) is 0 Å². The SMILES string of the molecule is CCN(CC)CCN(CC(C)C)C(=O)/C=C/c1cccc2cccnc12. The summed E-state index contributed by atoms with van der Waals surface area (Å²) >= 11 is 0.